The Kier molecular flexibility index (Phi) is 4.47. The fraction of sp³-hybridized carbons (Fsp3) is 0.250. The zero-order valence-corrected chi connectivity index (χ0v) is 13.0. The van der Waals surface area contributed by atoms with Gasteiger partial charge in [-0.3, -0.25) is 14.5 Å². The molecule has 0 bridgehead atoms. The molecule has 0 saturated carbocycles. The number of hydrogen-bond donors (Lipinski definition) is 0. The molecule has 23 heavy (non-hydrogen) atoms. The quantitative estimate of drug-likeness (QED) is 0.803. The van der Waals surface area contributed by atoms with Crippen molar-refractivity contribution in [3.63, 3.8) is 0 Å². The van der Waals surface area contributed by atoms with E-state index < -0.39 is 18.5 Å². The van der Waals surface area contributed by atoms with Crippen molar-refractivity contribution in [2.24, 2.45) is 0 Å². The zero-order valence-electron chi connectivity index (χ0n) is 12.2. The average Bonchev–Trinajstić information content (AvgIpc) is 3.22. The largest absolute Gasteiger partial charge is 0.451 e. The molecule has 0 aliphatic carbocycles. The van der Waals surface area contributed by atoms with Crippen LogP contribution in [0.4, 0.5) is 0 Å². The van der Waals surface area contributed by atoms with Gasteiger partial charge in [0.1, 0.15) is 5.01 Å². The van der Waals surface area contributed by atoms with E-state index in [1.807, 2.05) is 30.3 Å². The second-order valence-corrected chi connectivity index (χ2v) is 5.88. The predicted octanol–water partition coefficient (Wildman–Crippen LogP) is 2.12. The van der Waals surface area contributed by atoms with Crippen LogP contribution in [-0.2, 0) is 14.3 Å². The minimum absolute atomic E-state index is 0.161. The van der Waals surface area contributed by atoms with Crippen molar-refractivity contribution >= 4 is 29.1 Å². The molecule has 0 radical (unpaired) electrons. The Bertz CT molecular complexity index is 742. The molecule has 2 aromatic rings. The molecule has 2 heterocycles. The van der Waals surface area contributed by atoms with E-state index in [1.54, 1.807) is 5.38 Å². The first-order valence-electron chi connectivity index (χ1n) is 7.16. The SMILES string of the molecule is O=C(OCC(=O)N1CCCC1=O)c1csc(-c2ccccc2)n1. The number of likely N-dealkylation sites (tertiary alicyclic amines) is 1. The van der Waals surface area contributed by atoms with E-state index in [0.717, 1.165) is 10.5 Å². The van der Waals surface area contributed by atoms with Crippen molar-refractivity contribution in [3.8, 4) is 10.6 Å². The fourth-order valence-electron chi connectivity index (χ4n) is 2.27. The molecule has 0 atom stereocenters. The molecule has 1 aromatic heterocycles. The highest BCUT2D eigenvalue weighted by Gasteiger charge is 2.27. The van der Waals surface area contributed by atoms with E-state index in [0.29, 0.717) is 24.4 Å². The molecule has 0 unspecified atom stereocenters. The highest BCUT2D eigenvalue weighted by Crippen LogP contribution is 2.23. The lowest BCUT2D eigenvalue weighted by Gasteiger charge is -2.12. The second kappa shape index (κ2) is 6.70. The Balaban J connectivity index is 1.60. The normalized spacial score (nSPS) is 14.1. The zero-order chi connectivity index (χ0) is 16.2. The van der Waals surface area contributed by atoms with E-state index >= 15 is 0 Å². The van der Waals surface area contributed by atoms with Crippen molar-refractivity contribution in [2.45, 2.75) is 12.8 Å². The van der Waals surface area contributed by atoms with Crippen molar-refractivity contribution in [3.05, 3.63) is 41.4 Å². The summed E-state index contributed by atoms with van der Waals surface area (Å²) in [5, 5.41) is 2.30. The first-order valence-corrected chi connectivity index (χ1v) is 8.04. The number of rotatable bonds is 4. The Morgan fingerprint density at radius 1 is 1.26 bits per heavy atom. The monoisotopic (exact) mass is 330 g/mol. The number of ether oxygens (including phenoxy) is 1. The van der Waals surface area contributed by atoms with Crippen LogP contribution in [0, 0.1) is 0 Å². The molecule has 1 aliphatic rings. The van der Waals surface area contributed by atoms with Crippen LogP contribution in [0.5, 0.6) is 0 Å². The van der Waals surface area contributed by atoms with Crippen LogP contribution in [0.3, 0.4) is 0 Å². The molecule has 1 aliphatic heterocycles. The average molecular weight is 330 g/mol. The summed E-state index contributed by atoms with van der Waals surface area (Å²) < 4.78 is 4.96. The third-order valence-electron chi connectivity index (χ3n) is 3.44. The number of carbonyl (C=O) groups excluding carboxylic acids is 3. The predicted molar refractivity (Wildman–Crippen MR) is 83.8 cm³/mol. The first-order chi connectivity index (χ1) is 11.1. The maximum absolute atomic E-state index is 12.0. The number of thiazole rings is 1. The molecule has 1 saturated heterocycles. The van der Waals surface area contributed by atoms with Gasteiger partial charge in [-0.2, -0.15) is 0 Å². The first kappa shape index (κ1) is 15.4. The van der Waals surface area contributed by atoms with Crippen LogP contribution in [0.2, 0.25) is 0 Å². The van der Waals surface area contributed by atoms with Gasteiger partial charge in [-0.1, -0.05) is 30.3 Å². The van der Waals surface area contributed by atoms with Gasteiger partial charge in [0.15, 0.2) is 12.3 Å². The second-order valence-electron chi connectivity index (χ2n) is 5.02. The summed E-state index contributed by atoms with van der Waals surface area (Å²) in [6.07, 6.45) is 1.03. The number of carbonyl (C=O) groups is 3. The maximum Gasteiger partial charge on any atom is 0.358 e. The number of amides is 2. The van der Waals surface area contributed by atoms with E-state index in [-0.39, 0.29) is 11.6 Å². The van der Waals surface area contributed by atoms with Crippen LogP contribution >= 0.6 is 11.3 Å². The Hall–Kier alpha value is -2.54. The summed E-state index contributed by atoms with van der Waals surface area (Å²) in [6.45, 7) is -0.0488. The summed E-state index contributed by atoms with van der Waals surface area (Å²) in [7, 11) is 0. The Morgan fingerprint density at radius 3 is 2.74 bits per heavy atom. The van der Waals surface area contributed by atoms with Gasteiger partial charge >= 0.3 is 5.97 Å². The summed E-state index contributed by atoms with van der Waals surface area (Å²) in [5.41, 5.74) is 1.07. The van der Waals surface area contributed by atoms with Gasteiger partial charge < -0.3 is 4.74 Å². The minimum atomic E-state index is -0.663. The number of esters is 1. The van der Waals surface area contributed by atoms with Gasteiger partial charge in [0.05, 0.1) is 0 Å². The van der Waals surface area contributed by atoms with Crippen molar-refractivity contribution in [2.75, 3.05) is 13.2 Å². The lowest BCUT2D eigenvalue weighted by Crippen LogP contribution is -2.35. The summed E-state index contributed by atoms with van der Waals surface area (Å²) in [4.78, 5) is 40.6. The highest BCUT2D eigenvalue weighted by molar-refractivity contribution is 7.13. The van der Waals surface area contributed by atoms with Gasteiger partial charge in [-0.05, 0) is 6.42 Å². The molecule has 1 aromatic carbocycles. The Labute approximate surface area is 136 Å². The van der Waals surface area contributed by atoms with Gasteiger partial charge in [0.2, 0.25) is 5.91 Å². The fourth-order valence-corrected chi connectivity index (χ4v) is 3.07. The molecule has 6 nitrogen and oxygen atoms in total. The summed E-state index contributed by atoms with van der Waals surface area (Å²) >= 11 is 1.33. The van der Waals surface area contributed by atoms with E-state index in [1.165, 1.54) is 11.3 Å². The number of nitrogens with zero attached hydrogens (tertiary/aromatic N) is 2. The van der Waals surface area contributed by atoms with E-state index in [4.69, 9.17) is 4.74 Å². The van der Waals surface area contributed by atoms with Gasteiger partial charge in [-0.15, -0.1) is 11.3 Å². The van der Waals surface area contributed by atoms with Crippen LogP contribution in [-0.4, -0.2) is 40.8 Å². The third kappa shape index (κ3) is 3.45. The minimum Gasteiger partial charge on any atom is -0.451 e. The smallest absolute Gasteiger partial charge is 0.358 e. The molecule has 0 spiro atoms. The standard InChI is InChI=1S/C16H14N2O4S/c19-13-7-4-8-18(13)14(20)9-22-16(21)12-10-23-15(17-12)11-5-2-1-3-6-11/h1-3,5-6,10H,4,7-9H2. The topological polar surface area (TPSA) is 76.6 Å². The lowest BCUT2D eigenvalue weighted by atomic mass is 10.2. The number of imide groups is 1. The van der Waals surface area contributed by atoms with Crippen molar-refractivity contribution < 1.29 is 19.1 Å². The van der Waals surface area contributed by atoms with E-state index in [9.17, 15) is 14.4 Å². The van der Waals surface area contributed by atoms with Gasteiger partial charge in [0, 0.05) is 23.9 Å². The molecule has 7 heteroatoms. The molecule has 2 amide bonds. The van der Waals surface area contributed by atoms with Crippen molar-refractivity contribution in [1.29, 1.82) is 0 Å². The molecular formula is C16H14N2O4S. The molecule has 118 valence electrons. The Morgan fingerprint density at radius 2 is 2.04 bits per heavy atom. The molecule has 3 rings (SSSR count). The number of hydrogen-bond acceptors (Lipinski definition) is 6. The maximum atomic E-state index is 12.0. The van der Waals surface area contributed by atoms with Crippen LogP contribution < -0.4 is 0 Å². The summed E-state index contributed by atoms with van der Waals surface area (Å²) in [6, 6.07) is 9.48. The van der Waals surface area contributed by atoms with Crippen LogP contribution in [0.15, 0.2) is 35.7 Å². The molecular weight excluding hydrogens is 316 g/mol. The lowest BCUT2D eigenvalue weighted by molar-refractivity contribution is -0.143. The van der Waals surface area contributed by atoms with Crippen LogP contribution in [0.25, 0.3) is 10.6 Å². The summed E-state index contributed by atoms with van der Waals surface area (Å²) in [5.74, 6) is -1.37. The third-order valence-corrected chi connectivity index (χ3v) is 4.33. The van der Waals surface area contributed by atoms with Crippen LogP contribution in [0.1, 0.15) is 23.3 Å². The number of aromatic nitrogens is 1. The number of benzene rings is 1. The highest BCUT2D eigenvalue weighted by atomic mass is 32.1. The molecule has 1 fully saturated rings. The van der Waals surface area contributed by atoms with Gasteiger partial charge in [0.25, 0.3) is 5.91 Å². The molecule has 0 N–H and O–H groups in total. The van der Waals surface area contributed by atoms with E-state index in [2.05, 4.69) is 4.98 Å². The van der Waals surface area contributed by atoms with Gasteiger partial charge in [-0.25, -0.2) is 9.78 Å². The van der Waals surface area contributed by atoms with Crippen molar-refractivity contribution in [1.82, 2.24) is 9.88 Å².